The van der Waals surface area contributed by atoms with Crippen LogP contribution in [0.1, 0.15) is 0 Å². The quantitative estimate of drug-likeness (QED) is 0.479. The molecule has 0 unspecified atom stereocenters. The monoisotopic (exact) mass is 306 g/mol. The van der Waals surface area contributed by atoms with Crippen LogP contribution in [0.3, 0.4) is 0 Å². The minimum absolute atomic E-state index is 0.532. The summed E-state index contributed by atoms with van der Waals surface area (Å²) in [6, 6.07) is 7.67. The molecule has 6 heteroatoms. The van der Waals surface area contributed by atoms with E-state index in [1.54, 1.807) is 12.2 Å². The Labute approximate surface area is 130 Å². The third-order valence-corrected chi connectivity index (χ3v) is 2.73. The van der Waals surface area contributed by atoms with E-state index in [0.29, 0.717) is 23.3 Å². The van der Waals surface area contributed by atoms with Crippen molar-refractivity contribution in [2.45, 2.75) is 0 Å². The number of rotatable bonds is 6. The zero-order chi connectivity index (χ0) is 14.8. The van der Waals surface area contributed by atoms with Gasteiger partial charge in [0.1, 0.15) is 0 Å². The SMILES string of the molecule is C=CCNC(=S)Nc1ccccc1NC(=S)NCC=C. The summed E-state index contributed by atoms with van der Waals surface area (Å²) >= 11 is 10.4. The third kappa shape index (κ3) is 5.81. The first-order valence-electron chi connectivity index (χ1n) is 6.08. The van der Waals surface area contributed by atoms with Crippen molar-refractivity contribution in [2.24, 2.45) is 0 Å². The first-order chi connectivity index (χ1) is 9.67. The molecule has 106 valence electrons. The molecule has 0 saturated carbocycles. The number of hydrogen-bond donors (Lipinski definition) is 4. The van der Waals surface area contributed by atoms with E-state index in [1.807, 2.05) is 24.3 Å². The molecular weight excluding hydrogens is 288 g/mol. The molecule has 1 rings (SSSR count). The number of thiocarbonyl (C=S) groups is 2. The van der Waals surface area contributed by atoms with Crippen molar-refractivity contribution in [3.63, 3.8) is 0 Å². The highest BCUT2D eigenvalue weighted by molar-refractivity contribution is 7.80. The summed E-state index contributed by atoms with van der Waals surface area (Å²) in [5.74, 6) is 0. The lowest BCUT2D eigenvalue weighted by atomic mass is 10.2. The molecule has 0 saturated heterocycles. The Hall–Kier alpha value is -1.92. The van der Waals surface area contributed by atoms with Gasteiger partial charge in [0.2, 0.25) is 0 Å². The van der Waals surface area contributed by atoms with Crippen LogP contribution in [-0.4, -0.2) is 23.3 Å². The lowest BCUT2D eigenvalue weighted by Gasteiger charge is -2.15. The normalized spacial score (nSPS) is 9.20. The van der Waals surface area contributed by atoms with Crippen LogP contribution < -0.4 is 21.3 Å². The van der Waals surface area contributed by atoms with Gasteiger partial charge in [-0.05, 0) is 36.6 Å². The smallest absolute Gasteiger partial charge is 0.171 e. The van der Waals surface area contributed by atoms with Crippen molar-refractivity contribution in [3.8, 4) is 0 Å². The molecule has 4 nitrogen and oxygen atoms in total. The Balaban J connectivity index is 2.67. The van der Waals surface area contributed by atoms with Gasteiger partial charge >= 0.3 is 0 Å². The molecule has 0 aliphatic rings. The van der Waals surface area contributed by atoms with Gasteiger partial charge in [0.15, 0.2) is 10.2 Å². The summed E-state index contributed by atoms with van der Waals surface area (Å²) in [6.07, 6.45) is 3.49. The standard InChI is InChI=1S/C14H18N4S2/c1-3-9-15-13(19)17-11-7-5-6-8-12(11)18-14(20)16-10-4-2/h3-8H,1-2,9-10H2,(H2,15,17,19)(H2,16,18,20). The van der Waals surface area contributed by atoms with Gasteiger partial charge < -0.3 is 21.3 Å². The summed E-state index contributed by atoms with van der Waals surface area (Å²) in [4.78, 5) is 0. The van der Waals surface area contributed by atoms with Gasteiger partial charge in [0.25, 0.3) is 0 Å². The molecule has 1 aromatic rings. The second-order valence-electron chi connectivity index (χ2n) is 3.79. The van der Waals surface area contributed by atoms with Crippen LogP contribution in [0, 0.1) is 0 Å². The Kier molecular flexibility index (Phi) is 7.31. The van der Waals surface area contributed by atoms with E-state index in [0.717, 1.165) is 11.4 Å². The average Bonchev–Trinajstić information content (AvgIpc) is 2.45. The maximum Gasteiger partial charge on any atom is 0.171 e. The third-order valence-electron chi connectivity index (χ3n) is 2.24. The number of anilines is 2. The van der Waals surface area contributed by atoms with Crippen molar-refractivity contribution in [2.75, 3.05) is 23.7 Å². The molecular formula is C14H18N4S2. The molecule has 0 atom stereocenters. The van der Waals surface area contributed by atoms with Gasteiger partial charge in [-0.25, -0.2) is 0 Å². The molecule has 0 fully saturated rings. The highest BCUT2D eigenvalue weighted by atomic mass is 32.1. The van der Waals surface area contributed by atoms with Gasteiger partial charge in [-0.3, -0.25) is 0 Å². The van der Waals surface area contributed by atoms with Crippen LogP contribution in [0.15, 0.2) is 49.6 Å². The van der Waals surface area contributed by atoms with Crippen molar-refractivity contribution >= 4 is 46.0 Å². The van der Waals surface area contributed by atoms with Crippen molar-refractivity contribution in [1.82, 2.24) is 10.6 Å². The van der Waals surface area contributed by atoms with Gasteiger partial charge in [0, 0.05) is 13.1 Å². The summed E-state index contributed by atoms with van der Waals surface area (Å²) in [5.41, 5.74) is 1.69. The van der Waals surface area contributed by atoms with Gasteiger partial charge in [0.05, 0.1) is 11.4 Å². The number of benzene rings is 1. The minimum atomic E-state index is 0.532. The van der Waals surface area contributed by atoms with E-state index in [4.69, 9.17) is 24.4 Å². The van der Waals surface area contributed by atoms with Gasteiger partial charge in [-0.2, -0.15) is 0 Å². The molecule has 0 aliphatic heterocycles. The largest absolute Gasteiger partial charge is 0.359 e. The molecule has 0 spiro atoms. The van der Waals surface area contributed by atoms with Crippen molar-refractivity contribution < 1.29 is 0 Å². The van der Waals surface area contributed by atoms with Gasteiger partial charge in [-0.1, -0.05) is 24.3 Å². The maximum atomic E-state index is 5.19. The average molecular weight is 306 g/mol. The maximum absolute atomic E-state index is 5.19. The summed E-state index contributed by atoms with van der Waals surface area (Å²) < 4.78 is 0. The topological polar surface area (TPSA) is 48.1 Å². The van der Waals surface area contributed by atoms with E-state index in [9.17, 15) is 0 Å². The second kappa shape index (κ2) is 9.06. The van der Waals surface area contributed by atoms with Crippen LogP contribution in [0.4, 0.5) is 11.4 Å². The Morgan fingerprint density at radius 2 is 1.30 bits per heavy atom. The van der Waals surface area contributed by atoms with Crippen LogP contribution >= 0.6 is 24.4 Å². The lowest BCUT2D eigenvalue weighted by molar-refractivity contribution is 1.06. The predicted octanol–water partition coefficient (Wildman–Crippen LogP) is 2.63. The number of nitrogens with one attached hydrogen (secondary N) is 4. The lowest BCUT2D eigenvalue weighted by Crippen LogP contribution is -2.31. The van der Waals surface area contributed by atoms with E-state index in [-0.39, 0.29) is 0 Å². The Bertz CT molecular complexity index is 455. The summed E-state index contributed by atoms with van der Waals surface area (Å²) in [7, 11) is 0. The van der Waals surface area contributed by atoms with E-state index >= 15 is 0 Å². The molecule has 0 heterocycles. The molecule has 0 aliphatic carbocycles. The predicted molar refractivity (Wildman–Crippen MR) is 95.3 cm³/mol. The van der Waals surface area contributed by atoms with E-state index in [1.165, 1.54) is 0 Å². The first-order valence-corrected chi connectivity index (χ1v) is 6.89. The fraction of sp³-hybridized carbons (Fsp3) is 0.143. The molecule has 4 N–H and O–H groups in total. The molecule has 0 bridgehead atoms. The van der Waals surface area contributed by atoms with Crippen LogP contribution in [0.25, 0.3) is 0 Å². The summed E-state index contributed by atoms with van der Waals surface area (Å²) in [5, 5.41) is 13.3. The molecule has 0 aromatic heterocycles. The van der Waals surface area contributed by atoms with E-state index < -0.39 is 0 Å². The fourth-order valence-electron chi connectivity index (χ4n) is 1.36. The Morgan fingerprint density at radius 1 is 0.900 bits per heavy atom. The molecule has 1 aromatic carbocycles. The fourth-order valence-corrected chi connectivity index (χ4v) is 1.75. The van der Waals surface area contributed by atoms with Crippen LogP contribution in [0.2, 0.25) is 0 Å². The summed E-state index contributed by atoms with van der Waals surface area (Å²) in [6.45, 7) is 8.48. The zero-order valence-corrected chi connectivity index (χ0v) is 12.7. The van der Waals surface area contributed by atoms with Crippen LogP contribution in [0.5, 0.6) is 0 Å². The van der Waals surface area contributed by atoms with E-state index in [2.05, 4.69) is 34.4 Å². The van der Waals surface area contributed by atoms with Crippen molar-refractivity contribution in [1.29, 1.82) is 0 Å². The highest BCUT2D eigenvalue weighted by Gasteiger charge is 2.04. The molecule has 20 heavy (non-hydrogen) atoms. The highest BCUT2D eigenvalue weighted by Crippen LogP contribution is 2.20. The molecule has 0 amide bonds. The van der Waals surface area contributed by atoms with Gasteiger partial charge in [-0.15, -0.1) is 13.2 Å². The first kappa shape index (κ1) is 16.1. The minimum Gasteiger partial charge on any atom is -0.359 e. The number of para-hydroxylation sites is 2. The molecule has 0 radical (unpaired) electrons. The second-order valence-corrected chi connectivity index (χ2v) is 4.61. The Morgan fingerprint density at radius 3 is 1.65 bits per heavy atom. The zero-order valence-electron chi connectivity index (χ0n) is 11.1. The van der Waals surface area contributed by atoms with Crippen molar-refractivity contribution in [3.05, 3.63) is 49.6 Å². The number of hydrogen-bond acceptors (Lipinski definition) is 2. The van der Waals surface area contributed by atoms with Crippen LogP contribution in [-0.2, 0) is 0 Å².